The number of rotatable bonds is 9. The number of piperazine rings is 1. The molecule has 2 amide bonds. The topological polar surface area (TPSA) is 133 Å². The summed E-state index contributed by atoms with van der Waals surface area (Å²) in [6.45, 7) is 11.8. The van der Waals surface area contributed by atoms with Crippen molar-refractivity contribution in [3.05, 3.63) is 40.4 Å². The number of nitriles is 1. The van der Waals surface area contributed by atoms with Gasteiger partial charge in [0.1, 0.15) is 46.0 Å². The van der Waals surface area contributed by atoms with E-state index in [1.54, 1.807) is 46.4 Å². The van der Waals surface area contributed by atoms with Crippen molar-refractivity contribution >= 4 is 66.9 Å². The number of carbonyl (C=O) groups is 2. The molecule has 64 heavy (non-hydrogen) atoms. The molecule has 2 aromatic heterocycles. The molecule has 5 heterocycles. The van der Waals surface area contributed by atoms with E-state index in [1.807, 2.05) is 15.9 Å². The number of piperidine rings is 1. The van der Waals surface area contributed by atoms with E-state index in [9.17, 15) is 14.9 Å². The van der Waals surface area contributed by atoms with Crippen LogP contribution in [0.15, 0.2) is 18.2 Å². The van der Waals surface area contributed by atoms with Crippen molar-refractivity contribution in [3.8, 4) is 35.6 Å². The molecule has 3 atom stereocenters. The molecule has 4 aromatic rings. The summed E-state index contributed by atoms with van der Waals surface area (Å²) in [6, 6.07) is 5.01. The Morgan fingerprint density at radius 3 is 2.28 bits per heavy atom. The van der Waals surface area contributed by atoms with Crippen LogP contribution in [0.1, 0.15) is 85.6 Å². The number of hydrogen-bond acceptors (Lipinski definition) is 11. The second kappa shape index (κ2) is 16.7. The van der Waals surface area contributed by atoms with E-state index in [-0.39, 0.29) is 91.2 Å². The van der Waals surface area contributed by atoms with Crippen LogP contribution in [0.2, 0.25) is 5.02 Å². The smallest absolute Gasteiger partial charge is 0.412 e. The third-order valence-electron chi connectivity index (χ3n) is 12.3. The van der Waals surface area contributed by atoms with Crippen LogP contribution >= 0.6 is 22.9 Å². The van der Waals surface area contributed by atoms with Gasteiger partial charge in [-0.15, -0.1) is 23.7 Å². The van der Waals surface area contributed by atoms with Crippen LogP contribution in [0.4, 0.5) is 38.0 Å². The standard InChI is InChI=1S/C46H50ClF4N7O5S/c1-8-9-25-14-16-56(17-15-25)23-45(22-46(45,50)51)24-61-40-53-36-29(38(54-40)57-20-26-10-11-27(21-57)58(26)42(60)63-44(5,6)7)18-31(47)34(35(36)49)28-12-13-32(48)37-33(28)30(19-52)39(64-37)55-41(59)62-43(2,3)4/h1,12-13,18,25-27H,9-11,14-17,20-24H2,2-7H3,(H,55,59)/t26?,27?,45-/m1/s1. The van der Waals surface area contributed by atoms with Gasteiger partial charge in [0.05, 0.1) is 32.8 Å². The van der Waals surface area contributed by atoms with E-state index in [4.69, 9.17) is 37.2 Å². The first-order valence-electron chi connectivity index (χ1n) is 21.4. The van der Waals surface area contributed by atoms with Gasteiger partial charge in [0.15, 0.2) is 5.82 Å². The highest BCUT2D eigenvalue weighted by Gasteiger charge is 2.72. The fourth-order valence-electron chi connectivity index (χ4n) is 9.27. The number of ether oxygens (including phenoxy) is 3. The van der Waals surface area contributed by atoms with Gasteiger partial charge in [-0.2, -0.15) is 15.2 Å². The lowest BCUT2D eigenvalue weighted by Gasteiger charge is -2.42. The fraction of sp³-hybridized carbons (Fsp3) is 0.543. The Kier molecular flexibility index (Phi) is 11.9. The molecule has 3 aliphatic heterocycles. The molecule has 1 saturated carbocycles. The summed E-state index contributed by atoms with van der Waals surface area (Å²) in [7, 11) is 0. The number of anilines is 2. The molecular formula is C46H50ClF4N7O5S. The molecule has 1 aliphatic carbocycles. The van der Waals surface area contributed by atoms with Gasteiger partial charge >= 0.3 is 18.2 Å². The van der Waals surface area contributed by atoms with E-state index in [0.29, 0.717) is 38.3 Å². The summed E-state index contributed by atoms with van der Waals surface area (Å²) in [6.07, 6.45) is 7.42. The van der Waals surface area contributed by atoms with Gasteiger partial charge in [0.25, 0.3) is 5.92 Å². The maximum absolute atomic E-state index is 17.6. The van der Waals surface area contributed by atoms with Gasteiger partial charge in [0, 0.05) is 48.8 Å². The molecule has 2 aromatic carbocycles. The summed E-state index contributed by atoms with van der Waals surface area (Å²) in [5, 5.41) is 13.0. The molecule has 3 saturated heterocycles. The lowest BCUT2D eigenvalue weighted by atomic mass is 9.93. The molecular weight excluding hydrogens is 874 g/mol. The van der Waals surface area contributed by atoms with Gasteiger partial charge in [-0.1, -0.05) is 17.7 Å². The van der Waals surface area contributed by atoms with Gasteiger partial charge in [-0.3, -0.25) is 10.2 Å². The van der Waals surface area contributed by atoms with E-state index < -0.39 is 59.4 Å². The highest BCUT2D eigenvalue weighted by atomic mass is 35.5. The summed E-state index contributed by atoms with van der Waals surface area (Å²) in [5.41, 5.74) is -3.69. The number of alkyl halides is 2. The van der Waals surface area contributed by atoms with Crippen molar-refractivity contribution in [2.75, 3.05) is 49.5 Å². The van der Waals surface area contributed by atoms with Crippen LogP contribution in [0.5, 0.6) is 6.01 Å². The monoisotopic (exact) mass is 923 g/mol. The maximum Gasteiger partial charge on any atom is 0.412 e. The number of halogens is 5. The minimum absolute atomic E-state index is 0.000493. The Morgan fingerprint density at radius 1 is 1.03 bits per heavy atom. The SMILES string of the molecule is C#CCC1CCN(C[C@@]2(COc3nc(N4CC5CCC(C4)N5C(=O)OC(C)(C)C)c4cc(Cl)c(-c5ccc(F)c6sc(NC(=O)OC(C)(C)C)c(C#N)c56)c(F)c4n3)CC2(F)F)CC1. The highest BCUT2D eigenvalue weighted by molar-refractivity contribution is 7.23. The Labute approximate surface area is 378 Å². The highest BCUT2D eigenvalue weighted by Crippen LogP contribution is 2.61. The number of hydrogen-bond donors (Lipinski definition) is 1. The first-order chi connectivity index (χ1) is 30.1. The maximum atomic E-state index is 17.6. The van der Waals surface area contributed by atoms with Gasteiger partial charge in [-0.25, -0.2) is 27.2 Å². The first-order valence-corrected chi connectivity index (χ1v) is 22.6. The molecule has 0 spiro atoms. The normalized spacial score (nSPS) is 22.3. The average molecular weight is 924 g/mol. The number of fused-ring (bicyclic) bond motifs is 4. The fourth-order valence-corrected chi connectivity index (χ4v) is 10.6. The van der Waals surface area contributed by atoms with Gasteiger partial charge in [0.2, 0.25) is 0 Å². The van der Waals surface area contributed by atoms with Crippen molar-refractivity contribution in [1.82, 2.24) is 19.8 Å². The third-order valence-corrected chi connectivity index (χ3v) is 13.8. The molecule has 340 valence electrons. The molecule has 4 fully saturated rings. The predicted octanol–water partition coefficient (Wildman–Crippen LogP) is 10.4. The predicted molar refractivity (Wildman–Crippen MR) is 237 cm³/mol. The van der Waals surface area contributed by atoms with E-state index >= 15 is 17.6 Å². The Bertz CT molecular complexity index is 2600. The van der Waals surface area contributed by atoms with Crippen LogP contribution in [0, 0.1) is 46.6 Å². The van der Waals surface area contributed by atoms with Crippen molar-refractivity contribution < 1.29 is 41.4 Å². The van der Waals surface area contributed by atoms with Gasteiger partial charge in [-0.05, 0) is 104 Å². The number of benzene rings is 2. The lowest BCUT2D eigenvalue weighted by Crippen LogP contribution is -2.57. The lowest BCUT2D eigenvalue weighted by molar-refractivity contribution is 0.0119. The van der Waals surface area contributed by atoms with Crippen LogP contribution in [0.25, 0.3) is 32.1 Å². The van der Waals surface area contributed by atoms with Crippen molar-refractivity contribution in [3.63, 3.8) is 0 Å². The molecule has 2 bridgehead atoms. The number of likely N-dealkylation sites (tertiary alicyclic amines) is 1. The average Bonchev–Trinajstić information content (AvgIpc) is 3.40. The number of thiophene rings is 1. The van der Waals surface area contributed by atoms with Crippen LogP contribution in [-0.4, -0.2) is 100 Å². The van der Waals surface area contributed by atoms with Crippen molar-refractivity contribution in [1.29, 1.82) is 5.26 Å². The molecule has 2 unspecified atom stereocenters. The van der Waals surface area contributed by atoms with E-state index in [1.165, 1.54) is 12.1 Å². The summed E-state index contributed by atoms with van der Waals surface area (Å²) < 4.78 is 81.0. The second-order valence-electron chi connectivity index (χ2n) is 19.4. The number of carbonyl (C=O) groups excluding carboxylic acids is 2. The summed E-state index contributed by atoms with van der Waals surface area (Å²) in [4.78, 5) is 41.1. The van der Waals surface area contributed by atoms with Crippen molar-refractivity contribution in [2.24, 2.45) is 11.3 Å². The zero-order valence-electron chi connectivity index (χ0n) is 36.5. The Balaban J connectivity index is 1.20. The van der Waals surface area contributed by atoms with Gasteiger partial charge < -0.3 is 24.0 Å². The molecule has 4 aliphatic rings. The molecule has 18 heteroatoms. The Hall–Kier alpha value is -5.10. The number of terminal acetylenes is 1. The van der Waals surface area contributed by atoms with E-state index in [0.717, 1.165) is 30.2 Å². The zero-order chi connectivity index (χ0) is 46.1. The Morgan fingerprint density at radius 2 is 1.69 bits per heavy atom. The molecule has 0 radical (unpaired) electrons. The van der Waals surface area contributed by atoms with Crippen LogP contribution < -0.4 is 15.0 Å². The molecule has 12 nitrogen and oxygen atoms in total. The number of amides is 2. The minimum Gasteiger partial charge on any atom is -0.463 e. The van der Waals surface area contributed by atoms with Crippen LogP contribution in [-0.2, 0) is 9.47 Å². The second-order valence-corrected chi connectivity index (χ2v) is 20.8. The zero-order valence-corrected chi connectivity index (χ0v) is 38.1. The largest absolute Gasteiger partial charge is 0.463 e. The number of aromatic nitrogens is 2. The molecule has 1 N–H and O–H groups in total. The number of nitrogens with one attached hydrogen (secondary N) is 1. The number of nitrogens with zero attached hydrogens (tertiary/aromatic N) is 6. The van der Waals surface area contributed by atoms with Crippen molar-refractivity contribution in [2.45, 2.75) is 109 Å². The van der Waals surface area contributed by atoms with Crippen LogP contribution in [0.3, 0.4) is 0 Å². The molecule has 8 rings (SSSR count). The first kappa shape index (κ1) is 45.5. The third kappa shape index (κ3) is 8.83. The quantitative estimate of drug-likeness (QED) is 0.128. The summed E-state index contributed by atoms with van der Waals surface area (Å²) in [5.74, 6) is -1.43. The minimum atomic E-state index is -3.02. The summed E-state index contributed by atoms with van der Waals surface area (Å²) >= 11 is 7.77. The van der Waals surface area contributed by atoms with E-state index in [2.05, 4.69) is 16.2 Å².